The number of aromatic nitrogens is 1. The van der Waals surface area contributed by atoms with Gasteiger partial charge in [-0.2, -0.15) is 11.8 Å². The lowest BCUT2D eigenvalue weighted by molar-refractivity contribution is 0.0914. The van der Waals surface area contributed by atoms with E-state index in [1.54, 1.807) is 12.1 Å². The van der Waals surface area contributed by atoms with Crippen LogP contribution in [0.25, 0.3) is 0 Å². The lowest BCUT2D eigenvalue weighted by Crippen LogP contribution is -2.38. The Hall–Kier alpha value is -2.69. The molecule has 2 aromatic rings. The van der Waals surface area contributed by atoms with Gasteiger partial charge in [-0.25, -0.2) is 9.37 Å². The number of aliphatic hydroxyl groups is 1. The number of hydrogen-bond acceptors (Lipinski definition) is 8. The van der Waals surface area contributed by atoms with Crippen molar-refractivity contribution in [1.29, 1.82) is 0 Å². The summed E-state index contributed by atoms with van der Waals surface area (Å²) >= 11 is 1.89. The minimum Gasteiger partial charge on any atom is -0.493 e. The Morgan fingerprint density at radius 3 is 2.65 bits per heavy atom. The molecule has 3 N–H and O–H groups in total. The van der Waals surface area contributed by atoms with Crippen molar-refractivity contribution < 1.29 is 28.6 Å². The Bertz CT molecular complexity index is 1170. The summed E-state index contributed by atoms with van der Waals surface area (Å²) in [5, 5.41) is 15.4. The Morgan fingerprint density at radius 1 is 1.10 bits per heavy atom. The van der Waals surface area contributed by atoms with Gasteiger partial charge in [-0.15, -0.1) is 0 Å². The predicted octanol–water partition coefficient (Wildman–Crippen LogP) is 4.16. The molecule has 0 spiro atoms. The van der Waals surface area contributed by atoms with Gasteiger partial charge >= 0.3 is 0 Å². The molecule has 1 aromatic heterocycles. The number of Topliss-reactive ketones (excluding diaryl/α,β-unsaturated/α-hetero) is 1. The van der Waals surface area contributed by atoms with Crippen molar-refractivity contribution in [2.45, 2.75) is 75.6 Å². The lowest BCUT2D eigenvalue weighted by atomic mass is 9.82. The quantitative estimate of drug-likeness (QED) is 0.197. The number of ether oxygens (including phenoxy) is 2. The maximum absolute atomic E-state index is 14.0. The number of para-hydroxylation sites is 1. The van der Waals surface area contributed by atoms with Crippen molar-refractivity contribution in [2.24, 2.45) is 5.92 Å². The van der Waals surface area contributed by atoms with Gasteiger partial charge in [0.2, 0.25) is 5.88 Å². The van der Waals surface area contributed by atoms with E-state index in [-0.39, 0.29) is 54.0 Å². The molecule has 2 atom stereocenters. The van der Waals surface area contributed by atoms with Crippen LogP contribution in [0.2, 0.25) is 0 Å². The Balaban J connectivity index is 1.09. The first-order chi connectivity index (χ1) is 19.5. The van der Waals surface area contributed by atoms with Crippen LogP contribution in [-0.4, -0.2) is 70.7 Å². The van der Waals surface area contributed by atoms with E-state index in [0.717, 1.165) is 62.6 Å². The molecule has 10 heteroatoms. The first kappa shape index (κ1) is 28.8. The molecule has 1 aromatic carbocycles. The van der Waals surface area contributed by atoms with Crippen LogP contribution in [0.1, 0.15) is 72.1 Å². The zero-order chi connectivity index (χ0) is 27.9. The van der Waals surface area contributed by atoms with Crippen molar-refractivity contribution in [2.75, 3.05) is 24.7 Å². The van der Waals surface area contributed by atoms with Gasteiger partial charge in [-0.3, -0.25) is 9.59 Å². The summed E-state index contributed by atoms with van der Waals surface area (Å²) in [6.07, 6.45) is 7.99. The van der Waals surface area contributed by atoms with Crippen LogP contribution in [-0.2, 0) is 0 Å². The number of hydrogen-bond donors (Lipinski definition) is 3. The lowest BCUT2D eigenvalue weighted by Gasteiger charge is -2.29. The molecular formula is C30H38FN3O5S. The minimum atomic E-state index is -0.535. The van der Waals surface area contributed by atoms with E-state index < -0.39 is 5.82 Å². The molecule has 1 aliphatic carbocycles. The fourth-order valence-corrected chi connectivity index (χ4v) is 6.71. The van der Waals surface area contributed by atoms with Gasteiger partial charge in [0.25, 0.3) is 5.91 Å². The molecule has 2 aliphatic heterocycles. The Morgan fingerprint density at radius 2 is 1.88 bits per heavy atom. The van der Waals surface area contributed by atoms with Crippen molar-refractivity contribution in [3.63, 3.8) is 0 Å². The van der Waals surface area contributed by atoms with Crippen LogP contribution in [0.15, 0.2) is 36.5 Å². The monoisotopic (exact) mass is 571 g/mol. The predicted molar refractivity (Wildman–Crippen MR) is 152 cm³/mol. The average molecular weight is 572 g/mol. The zero-order valence-corrected chi connectivity index (χ0v) is 23.5. The summed E-state index contributed by atoms with van der Waals surface area (Å²) in [6, 6.07) is 8.24. The zero-order valence-electron chi connectivity index (χ0n) is 22.6. The summed E-state index contributed by atoms with van der Waals surface area (Å²) in [4.78, 5) is 30.3. The largest absolute Gasteiger partial charge is 0.493 e. The van der Waals surface area contributed by atoms with E-state index in [9.17, 15) is 14.0 Å². The van der Waals surface area contributed by atoms with Crippen LogP contribution >= 0.6 is 11.8 Å². The second-order valence-corrected chi connectivity index (χ2v) is 12.1. The molecule has 8 nitrogen and oxygen atoms in total. The van der Waals surface area contributed by atoms with Crippen LogP contribution in [0.4, 0.5) is 4.39 Å². The molecular weight excluding hydrogens is 533 g/mol. The maximum Gasteiger partial charge on any atom is 0.255 e. The smallest absolute Gasteiger partial charge is 0.255 e. The number of nitrogens with zero attached hydrogens (tertiary/aromatic N) is 1. The van der Waals surface area contributed by atoms with Crippen LogP contribution in [0, 0.1) is 11.7 Å². The van der Waals surface area contributed by atoms with Crippen molar-refractivity contribution >= 4 is 23.5 Å². The third-order valence-electron chi connectivity index (χ3n) is 7.96. The molecule has 0 radical (unpaired) electrons. The third kappa shape index (κ3) is 7.53. The van der Waals surface area contributed by atoms with Crippen LogP contribution < -0.4 is 20.1 Å². The molecule has 3 aliphatic rings. The number of ketones is 1. The molecule has 2 saturated heterocycles. The van der Waals surface area contributed by atoms with E-state index in [1.807, 2.05) is 23.9 Å². The first-order valence-electron chi connectivity index (χ1n) is 14.4. The SMILES string of the molecule is O=C(NC1CCC(CC2NC2C(=O)c2cc(F)cnc2OC2CCSCC2)CC1)c1ccccc1OCCCO. The number of nitrogens with one attached hydrogen (secondary N) is 2. The molecule has 40 heavy (non-hydrogen) atoms. The standard InChI is InChI=1S/C30H38FN3O5S/c31-20-17-24(30(32-18-20)39-22-10-14-40-15-11-22)28(36)27-25(34-27)16-19-6-8-21(9-7-19)33-29(37)23-4-1-2-5-26(23)38-13-3-12-35/h1-2,4-5,17-19,21-22,25,27,34-35H,3,6-16H2,(H,33,37). The van der Waals surface area contributed by atoms with Gasteiger partial charge in [-0.05, 0) is 80.6 Å². The van der Waals surface area contributed by atoms with E-state index in [4.69, 9.17) is 14.6 Å². The normalized spacial score (nSPS) is 24.8. The van der Waals surface area contributed by atoms with E-state index >= 15 is 0 Å². The Labute approximate surface area is 238 Å². The number of rotatable bonds is 12. The third-order valence-corrected chi connectivity index (χ3v) is 9.01. The number of carbonyl (C=O) groups excluding carboxylic acids is 2. The number of pyridine rings is 1. The van der Waals surface area contributed by atoms with Crippen LogP contribution in [0.5, 0.6) is 11.6 Å². The summed E-state index contributed by atoms with van der Waals surface area (Å²) in [7, 11) is 0. The van der Waals surface area contributed by atoms with Gasteiger partial charge in [0.1, 0.15) is 17.7 Å². The molecule has 216 valence electrons. The highest BCUT2D eigenvalue weighted by atomic mass is 32.2. The molecule has 0 bridgehead atoms. The fourth-order valence-electron chi connectivity index (χ4n) is 5.65. The van der Waals surface area contributed by atoms with Gasteiger partial charge in [0.05, 0.1) is 30.0 Å². The number of thioether (sulfide) groups is 1. The van der Waals surface area contributed by atoms with Crippen molar-refractivity contribution in [1.82, 2.24) is 15.6 Å². The van der Waals surface area contributed by atoms with Gasteiger partial charge in [0.15, 0.2) is 5.78 Å². The highest BCUT2D eigenvalue weighted by molar-refractivity contribution is 7.99. The number of aliphatic hydroxyl groups excluding tert-OH is 1. The molecule has 3 heterocycles. The highest BCUT2D eigenvalue weighted by Crippen LogP contribution is 2.34. The maximum atomic E-state index is 14.0. The first-order valence-corrected chi connectivity index (χ1v) is 15.5. The Kier molecular flexibility index (Phi) is 9.93. The van der Waals surface area contributed by atoms with Crippen molar-refractivity contribution in [3.05, 3.63) is 53.5 Å². The van der Waals surface area contributed by atoms with Crippen molar-refractivity contribution in [3.8, 4) is 11.6 Å². The molecule has 5 rings (SSSR count). The fraction of sp³-hybridized carbons (Fsp3) is 0.567. The highest BCUT2D eigenvalue weighted by Gasteiger charge is 2.45. The van der Waals surface area contributed by atoms with E-state index in [2.05, 4.69) is 15.6 Å². The molecule has 3 fully saturated rings. The number of halogens is 1. The van der Waals surface area contributed by atoms with Gasteiger partial charge in [-0.1, -0.05) is 12.1 Å². The molecule has 2 unspecified atom stereocenters. The minimum absolute atomic E-state index is 0.0108. The second kappa shape index (κ2) is 13.8. The summed E-state index contributed by atoms with van der Waals surface area (Å²) < 4.78 is 25.7. The van der Waals surface area contributed by atoms with E-state index in [0.29, 0.717) is 30.3 Å². The summed E-state index contributed by atoms with van der Waals surface area (Å²) in [6.45, 7) is 0.397. The average Bonchev–Trinajstić information content (AvgIpc) is 3.74. The van der Waals surface area contributed by atoms with Crippen LogP contribution in [0.3, 0.4) is 0 Å². The van der Waals surface area contributed by atoms with Gasteiger partial charge < -0.3 is 25.2 Å². The summed E-state index contributed by atoms with van der Waals surface area (Å²) in [5.74, 6) is 2.42. The molecule has 1 amide bonds. The topological polar surface area (TPSA) is 120 Å². The van der Waals surface area contributed by atoms with E-state index in [1.165, 1.54) is 6.07 Å². The molecule has 1 saturated carbocycles. The second-order valence-electron chi connectivity index (χ2n) is 10.9. The van der Waals surface area contributed by atoms with Gasteiger partial charge in [0, 0.05) is 25.1 Å². The number of amides is 1. The number of benzene rings is 1. The number of carbonyl (C=O) groups is 2. The summed E-state index contributed by atoms with van der Waals surface area (Å²) in [5.41, 5.74) is 0.730.